The Morgan fingerprint density at radius 1 is 1.32 bits per heavy atom. The summed E-state index contributed by atoms with van der Waals surface area (Å²) in [5.41, 5.74) is 6.11. The van der Waals surface area contributed by atoms with Gasteiger partial charge in [0.2, 0.25) is 0 Å². The molecule has 0 unspecified atom stereocenters. The van der Waals surface area contributed by atoms with Gasteiger partial charge in [0.15, 0.2) is 0 Å². The van der Waals surface area contributed by atoms with E-state index in [2.05, 4.69) is 14.9 Å². The fourth-order valence-electron chi connectivity index (χ4n) is 1.60. The molecule has 0 spiro atoms. The Hall–Kier alpha value is -2.09. The topological polar surface area (TPSA) is 101 Å². The van der Waals surface area contributed by atoms with Gasteiger partial charge in [-0.25, -0.2) is 12.8 Å². The largest absolute Gasteiger partial charge is 0.396 e. The molecule has 1 aromatic carbocycles. The highest BCUT2D eigenvalue weighted by Gasteiger charge is 2.20. The highest BCUT2D eigenvalue weighted by Crippen LogP contribution is 2.24. The van der Waals surface area contributed by atoms with Crippen LogP contribution in [0.4, 0.5) is 15.9 Å². The molecule has 102 valence electrons. The van der Waals surface area contributed by atoms with E-state index in [4.69, 9.17) is 5.73 Å². The Bertz CT molecular complexity index is 724. The number of aromatic amines is 1. The molecule has 0 saturated carbocycles. The monoisotopic (exact) mass is 284 g/mol. The predicted molar refractivity (Wildman–Crippen MR) is 69.7 cm³/mol. The van der Waals surface area contributed by atoms with Crippen molar-refractivity contribution in [1.29, 1.82) is 0 Å². The normalized spacial score (nSPS) is 11.5. The van der Waals surface area contributed by atoms with E-state index < -0.39 is 15.8 Å². The van der Waals surface area contributed by atoms with E-state index in [1.54, 1.807) is 6.92 Å². The number of nitrogens with zero attached hydrogens (tertiary/aromatic N) is 1. The molecule has 6 nitrogen and oxygen atoms in total. The van der Waals surface area contributed by atoms with Crippen LogP contribution in [0, 0.1) is 19.7 Å². The van der Waals surface area contributed by atoms with Crippen LogP contribution in [0.15, 0.2) is 23.2 Å². The van der Waals surface area contributed by atoms with Gasteiger partial charge in [0.25, 0.3) is 10.0 Å². The van der Waals surface area contributed by atoms with E-state index in [9.17, 15) is 12.8 Å². The van der Waals surface area contributed by atoms with Gasteiger partial charge < -0.3 is 5.73 Å². The fraction of sp³-hybridized carbons (Fsp3) is 0.182. The maximum Gasteiger partial charge on any atom is 0.263 e. The third-order valence-electron chi connectivity index (χ3n) is 2.65. The molecule has 19 heavy (non-hydrogen) atoms. The van der Waals surface area contributed by atoms with Crippen LogP contribution in [-0.4, -0.2) is 18.6 Å². The lowest BCUT2D eigenvalue weighted by molar-refractivity contribution is 0.599. The molecule has 2 aromatic rings. The van der Waals surface area contributed by atoms with Gasteiger partial charge in [-0.2, -0.15) is 5.10 Å². The SMILES string of the molecule is Cc1cc(F)c(N)cc1S(=O)(=O)Nc1[nH]ncc1C. The highest BCUT2D eigenvalue weighted by molar-refractivity contribution is 7.92. The van der Waals surface area contributed by atoms with E-state index in [0.29, 0.717) is 5.56 Å². The lowest BCUT2D eigenvalue weighted by Gasteiger charge is -2.10. The smallest absolute Gasteiger partial charge is 0.263 e. The summed E-state index contributed by atoms with van der Waals surface area (Å²) in [6.07, 6.45) is 1.49. The molecule has 0 radical (unpaired) electrons. The molecule has 4 N–H and O–H groups in total. The quantitative estimate of drug-likeness (QED) is 0.744. The fourth-order valence-corrected chi connectivity index (χ4v) is 2.95. The van der Waals surface area contributed by atoms with Crippen molar-refractivity contribution < 1.29 is 12.8 Å². The predicted octanol–water partition coefficient (Wildman–Crippen LogP) is 1.55. The second-order valence-electron chi connectivity index (χ2n) is 4.17. The number of nitrogens with two attached hydrogens (primary N) is 1. The van der Waals surface area contributed by atoms with Crippen molar-refractivity contribution in [1.82, 2.24) is 10.2 Å². The maximum atomic E-state index is 13.2. The second-order valence-corrected chi connectivity index (χ2v) is 5.82. The highest BCUT2D eigenvalue weighted by atomic mass is 32.2. The Labute approximate surface area is 109 Å². The number of benzene rings is 1. The van der Waals surface area contributed by atoms with E-state index in [0.717, 1.165) is 12.1 Å². The first-order valence-electron chi connectivity index (χ1n) is 5.39. The summed E-state index contributed by atoms with van der Waals surface area (Å²) in [6, 6.07) is 2.18. The van der Waals surface area contributed by atoms with Crippen molar-refractivity contribution in [2.75, 3.05) is 10.5 Å². The van der Waals surface area contributed by atoms with E-state index >= 15 is 0 Å². The van der Waals surface area contributed by atoms with Crippen LogP contribution in [0.2, 0.25) is 0 Å². The van der Waals surface area contributed by atoms with Crippen LogP contribution in [0.1, 0.15) is 11.1 Å². The lowest BCUT2D eigenvalue weighted by atomic mass is 10.2. The van der Waals surface area contributed by atoms with Crippen LogP contribution in [0.3, 0.4) is 0 Å². The first kappa shape index (κ1) is 13.3. The number of rotatable bonds is 3. The van der Waals surface area contributed by atoms with Crippen molar-refractivity contribution in [3.63, 3.8) is 0 Å². The van der Waals surface area contributed by atoms with Crippen LogP contribution in [-0.2, 0) is 10.0 Å². The van der Waals surface area contributed by atoms with Gasteiger partial charge in [0.05, 0.1) is 16.8 Å². The summed E-state index contributed by atoms with van der Waals surface area (Å²) in [4.78, 5) is -0.0691. The minimum Gasteiger partial charge on any atom is -0.396 e. The first-order chi connectivity index (χ1) is 8.81. The number of nitrogens with one attached hydrogen (secondary N) is 2. The number of hydrogen-bond donors (Lipinski definition) is 3. The number of anilines is 2. The molecule has 0 saturated heterocycles. The van der Waals surface area contributed by atoms with E-state index in [1.165, 1.54) is 13.1 Å². The van der Waals surface area contributed by atoms with Gasteiger partial charge >= 0.3 is 0 Å². The Morgan fingerprint density at radius 3 is 2.58 bits per heavy atom. The first-order valence-corrected chi connectivity index (χ1v) is 6.88. The maximum absolute atomic E-state index is 13.2. The molecule has 1 aromatic heterocycles. The van der Waals surface area contributed by atoms with E-state index in [1.807, 2.05) is 0 Å². The number of sulfonamides is 1. The Kier molecular flexibility index (Phi) is 3.19. The van der Waals surface area contributed by atoms with Crippen molar-refractivity contribution in [3.8, 4) is 0 Å². The third kappa shape index (κ3) is 2.53. The van der Waals surface area contributed by atoms with Crippen molar-refractivity contribution >= 4 is 21.5 Å². The van der Waals surface area contributed by atoms with Gasteiger partial charge in [-0.3, -0.25) is 9.82 Å². The molecule has 0 fully saturated rings. The zero-order valence-electron chi connectivity index (χ0n) is 10.4. The summed E-state index contributed by atoms with van der Waals surface area (Å²) < 4.78 is 40.0. The number of aromatic nitrogens is 2. The van der Waals surface area contributed by atoms with Gasteiger partial charge in [-0.05, 0) is 31.5 Å². The number of aryl methyl sites for hydroxylation is 2. The average molecular weight is 284 g/mol. The lowest BCUT2D eigenvalue weighted by Crippen LogP contribution is -2.16. The molecule has 2 rings (SSSR count). The molecule has 0 aliphatic carbocycles. The van der Waals surface area contributed by atoms with Crippen LogP contribution < -0.4 is 10.5 Å². The molecule has 0 aliphatic rings. The minimum atomic E-state index is -3.84. The summed E-state index contributed by atoms with van der Waals surface area (Å²) in [5.74, 6) is -0.378. The molecular formula is C11H13FN4O2S. The number of nitrogen functional groups attached to an aromatic ring is 1. The van der Waals surface area contributed by atoms with Gasteiger partial charge in [0, 0.05) is 5.56 Å². The second kappa shape index (κ2) is 4.54. The van der Waals surface area contributed by atoms with Gasteiger partial charge in [-0.1, -0.05) is 0 Å². The van der Waals surface area contributed by atoms with Crippen LogP contribution in [0.5, 0.6) is 0 Å². The molecular weight excluding hydrogens is 271 g/mol. The molecule has 0 atom stereocenters. The molecule has 8 heteroatoms. The Balaban J connectivity index is 2.46. The third-order valence-corrected chi connectivity index (χ3v) is 4.14. The zero-order chi connectivity index (χ0) is 14.2. The number of halogens is 1. The van der Waals surface area contributed by atoms with Crippen molar-refractivity contribution in [3.05, 3.63) is 35.3 Å². The molecule has 0 amide bonds. The summed E-state index contributed by atoms with van der Waals surface area (Å²) in [7, 11) is -3.84. The standard InChI is InChI=1S/C11H13FN4O2S/c1-6-3-8(12)9(13)4-10(6)19(17,18)16-11-7(2)5-14-15-11/h3-5H,13H2,1-2H3,(H2,14,15,16). The van der Waals surface area contributed by atoms with Gasteiger partial charge in [-0.15, -0.1) is 0 Å². The van der Waals surface area contributed by atoms with Crippen LogP contribution in [0.25, 0.3) is 0 Å². The molecule has 0 bridgehead atoms. The average Bonchev–Trinajstić information content (AvgIpc) is 2.69. The number of hydrogen-bond acceptors (Lipinski definition) is 4. The van der Waals surface area contributed by atoms with Gasteiger partial charge in [0.1, 0.15) is 11.6 Å². The minimum absolute atomic E-state index is 0.0691. The van der Waals surface area contributed by atoms with Crippen molar-refractivity contribution in [2.45, 2.75) is 18.7 Å². The van der Waals surface area contributed by atoms with Crippen LogP contribution >= 0.6 is 0 Å². The zero-order valence-corrected chi connectivity index (χ0v) is 11.2. The summed E-state index contributed by atoms with van der Waals surface area (Å²) >= 11 is 0. The Morgan fingerprint density at radius 2 is 2.00 bits per heavy atom. The van der Waals surface area contributed by atoms with Crippen molar-refractivity contribution in [2.24, 2.45) is 0 Å². The molecule has 1 heterocycles. The summed E-state index contributed by atoms with van der Waals surface area (Å²) in [6.45, 7) is 3.20. The van der Waals surface area contributed by atoms with E-state index in [-0.39, 0.29) is 22.0 Å². The molecule has 0 aliphatic heterocycles. The number of H-pyrrole nitrogens is 1. The summed E-state index contributed by atoms with van der Waals surface area (Å²) in [5, 5.41) is 6.25.